The smallest absolute Gasteiger partial charge is 0.252 e. The number of benzene rings is 2. The monoisotopic (exact) mass is 276 g/mol. The lowest BCUT2D eigenvalue weighted by Gasteiger charge is -2.08. The Balaban J connectivity index is 1.79. The van der Waals surface area contributed by atoms with Crippen molar-refractivity contribution in [3.63, 3.8) is 0 Å². The van der Waals surface area contributed by atoms with Crippen LogP contribution in [0.3, 0.4) is 0 Å². The van der Waals surface area contributed by atoms with E-state index in [0.717, 1.165) is 16.5 Å². The maximum atomic E-state index is 12.4. The Labute approximate surface area is 123 Å². The number of fused-ring (bicyclic) bond motifs is 1. The van der Waals surface area contributed by atoms with Crippen molar-refractivity contribution >= 4 is 16.8 Å². The van der Waals surface area contributed by atoms with Crippen LogP contribution in [0.2, 0.25) is 0 Å². The molecule has 1 aromatic heterocycles. The number of hydrogen-bond donors (Lipinski definition) is 1. The molecule has 0 saturated carbocycles. The molecule has 1 N–H and O–H groups in total. The molecule has 0 atom stereocenters. The average molecular weight is 276 g/mol. The number of carbonyl (C=O) groups excluding carboxylic acids is 1. The summed E-state index contributed by atoms with van der Waals surface area (Å²) in [4.78, 5) is 16.6. The van der Waals surface area contributed by atoms with E-state index in [4.69, 9.17) is 0 Å². The van der Waals surface area contributed by atoms with Gasteiger partial charge in [0.05, 0.1) is 11.1 Å². The highest BCUT2D eigenvalue weighted by Gasteiger charge is 2.09. The highest BCUT2D eigenvalue weighted by Crippen LogP contribution is 2.16. The van der Waals surface area contributed by atoms with Crippen LogP contribution in [0.1, 0.15) is 21.5 Å². The lowest BCUT2D eigenvalue weighted by molar-refractivity contribution is 0.0952. The molecule has 3 rings (SSSR count). The molecule has 1 heterocycles. The lowest BCUT2D eigenvalue weighted by Crippen LogP contribution is -2.23. The summed E-state index contributed by atoms with van der Waals surface area (Å²) in [6.45, 7) is 2.57. The van der Waals surface area contributed by atoms with Crippen LogP contribution in [0.15, 0.2) is 60.8 Å². The summed E-state index contributed by atoms with van der Waals surface area (Å²) in [5.74, 6) is -0.0748. The number of pyridine rings is 1. The summed E-state index contributed by atoms with van der Waals surface area (Å²) >= 11 is 0. The van der Waals surface area contributed by atoms with Crippen LogP contribution in [-0.4, -0.2) is 10.9 Å². The van der Waals surface area contributed by atoms with Crippen molar-refractivity contribution in [2.75, 3.05) is 0 Å². The number of hydrogen-bond acceptors (Lipinski definition) is 2. The Bertz CT molecular complexity index is 773. The van der Waals surface area contributed by atoms with Gasteiger partial charge < -0.3 is 5.32 Å². The molecule has 0 aliphatic carbocycles. The molecule has 104 valence electrons. The van der Waals surface area contributed by atoms with Crippen molar-refractivity contribution in [3.8, 4) is 0 Å². The summed E-state index contributed by atoms with van der Waals surface area (Å²) in [7, 11) is 0. The Morgan fingerprint density at radius 1 is 1.05 bits per heavy atom. The third-order valence-corrected chi connectivity index (χ3v) is 3.47. The minimum atomic E-state index is -0.0748. The maximum Gasteiger partial charge on any atom is 0.252 e. The molecule has 3 aromatic rings. The van der Waals surface area contributed by atoms with Crippen molar-refractivity contribution in [3.05, 3.63) is 77.5 Å². The van der Waals surface area contributed by atoms with Gasteiger partial charge in [-0.15, -0.1) is 0 Å². The van der Waals surface area contributed by atoms with Gasteiger partial charge in [0.2, 0.25) is 0 Å². The average Bonchev–Trinajstić information content (AvgIpc) is 2.53. The van der Waals surface area contributed by atoms with Gasteiger partial charge in [0.1, 0.15) is 0 Å². The van der Waals surface area contributed by atoms with Crippen LogP contribution in [0.5, 0.6) is 0 Å². The van der Waals surface area contributed by atoms with E-state index < -0.39 is 0 Å². The molecular formula is C18H16N2O. The van der Waals surface area contributed by atoms with Crippen molar-refractivity contribution in [1.82, 2.24) is 10.3 Å². The van der Waals surface area contributed by atoms with Gasteiger partial charge in [-0.3, -0.25) is 9.78 Å². The van der Waals surface area contributed by atoms with Crippen LogP contribution in [0.25, 0.3) is 10.9 Å². The lowest BCUT2D eigenvalue weighted by atomic mass is 10.1. The number of rotatable bonds is 3. The summed E-state index contributed by atoms with van der Waals surface area (Å²) < 4.78 is 0. The molecular weight excluding hydrogens is 260 g/mol. The van der Waals surface area contributed by atoms with E-state index in [9.17, 15) is 4.79 Å². The Morgan fingerprint density at radius 2 is 1.81 bits per heavy atom. The molecule has 0 spiro atoms. The summed E-state index contributed by atoms with van der Waals surface area (Å²) in [6, 6.07) is 17.6. The van der Waals surface area contributed by atoms with E-state index in [1.54, 1.807) is 12.3 Å². The molecule has 3 nitrogen and oxygen atoms in total. The fourth-order valence-electron chi connectivity index (χ4n) is 2.28. The molecule has 0 aliphatic heterocycles. The molecule has 0 unspecified atom stereocenters. The number of amides is 1. The van der Waals surface area contributed by atoms with E-state index in [1.165, 1.54) is 5.56 Å². The normalized spacial score (nSPS) is 10.5. The van der Waals surface area contributed by atoms with Gasteiger partial charge in [-0.2, -0.15) is 0 Å². The van der Waals surface area contributed by atoms with Gasteiger partial charge in [0, 0.05) is 18.1 Å². The summed E-state index contributed by atoms with van der Waals surface area (Å²) in [5.41, 5.74) is 3.80. The number of para-hydroxylation sites is 1. The van der Waals surface area contributed by atoms with Crippen LogP contribution in [0, 0.1) is 6.92 Å². The first-order chi connectivity index (χ1) is 10.2. The Morgan fingerprint density at radius 3 is 2.62 bits per heavy atom. The Kier molecular flexibility index (Phi) is 3.65. The van der Waals surface area contributed by atoms with E-state index in [-0.39, 0.29) is 5.91 Å². The maximum absolute atomic E-state index is 12.4. The molecule has 0 bridgehead atoms. The van der Waals surface area contributed by atoms with Crippen LogP contribution >= 0.6 is 0 Å². The second kappa shape index (κ2) is 5.75. The van der Waals surface area contributed by atoms with Crippen molar-refractivity contribution in [2.24, 2.45) is 0 Å². The highest BCUT2D eigenvalue weighted by molar-refractivity contribution is 6.05. The van der Waals surface area contributed by atoms with Crippen LogP contribution in [-0.2, 0) is 6.54 Å². The SMILES string of the molecule is Cc1ccc(CNC(=O)c2ccnc3ccccc23)cc1. The fourth-order valence-corrected chi connectivity index (χ4v) is 2.28. The van der Waals surface area contributed by atoms with Crippen LogP contribution < -0.4 is 5.32 Å². The molecule has 0 radical (unpaired) electrons. The second-order valence-corrected chi connectivity index (χ2v) is 5.04. The van der Waals surface area contributed by atoms with Crippen molar-refractivity contribution < 1.29 is 4.79 Å². The number of aromatic nitrogens is 1. The zero-order chi connectivity index (χ0) is 14.7. The standard InChI is InChI=1S/C18H16N2O/c1-13-6-8-14(9-7-13)12-20-18(21)16-10-11-19-17-5-3-2-4-15(16)17/h2-11H,12H2,1H3,(H,20,21). The van der Waals surface area contributed by atoms with Gasteiger partial charge in [-0.25, -0.2) is 0 Å². The quantitative estimate of drug-likeness (QED) is 0.796. The topological polar surface area (TPSA) is 42.0 Å². The molecule has 3 heteroatoms. The van der Waals surface area contributed by atoms with Crippen molar-refractivity contribution in [1.29, 1.82) is 0 Å². The number of nitrogens with one attached hydrogen (secondary N) is 1. The van der Waals surface area contributed by atoms with Crippen molar-refractivity contribution in [2.45, 2.75) is 13.5 Å². The first kappa shape index (κ1) is 13.3. The molecule has 2 aromatic carbocycles. The minimum absolute atomic E-state index is 0.0748. The first-order valence-corrected chi connectivity index (χ1v) is 6.91. The third kappa shape index (κ3) is 2.92. The largest absolute Gasteiger partial charge is 0.348 e. The minimum Gasteiger partial charge on any atom is -0.348 e. The van der Waals surface area contributed by atoms with Gasteiger partial charge in [-0.1, -0.05) is 48.0 Å². The number of nitrogens with zero attached hydrogens (tertiary/aromatic N) is 1. The highest BCUT2D eigenvalue weighted by atomic mass is 16.1. The third-order valence-electron chi connectivity index (χ3n) is 3.47. The number of carbonyl (C=O) groups is 1. The summed E-state index contributed by atoms with van der Waals surface area (Å²) in [6.07, 6.45) is 1.67. The molecule has 0 saturated heterocycles. The molecule has 1 amide bonds. The Hall–Kier alpha value is -2.68. The van der Waals surface area contributed by atoms with Gasteiger partial charge >= 0.3 is 0 Å². The van der Waals surface area contributed by atoms with Gasteiger partial charge in [0.15, 0.2) is 0 Å². The predicted molar refractivity (Wildman–Crippen MR) is 84.1 cm³/mol. The van der Waals surface area contributed by atoms with E-state index >= 15 is 0 Å². The molecule has 0 aliphatic rings. The van der Waals surface area contributed by atoms with Gasteiger partial charge in [0.25, 0.3) is 5.91 Å². The predicted octanol–water partition coefficient (Wildman–Crippen LogP) is 3.47. The first-order valence-electron chi connectivity index (χ1n) is 6.91. The fraction of sp³-hybridized carbons (Fsp3) is 0.111. The summed E-state index contributed by atoms with van der Waals surface area (Å²) in [5, 5.41) is 3.84. The van der Waals surface area contributed by atoms with E-state index in [1.807, 2.05) is 55.5 Å². The molecule has 21 heavy (non-hydrogen) atoms. The van der Waals surface area contributed by atoms with E-state index in [0.29, 0.717) is 12.1 Å². The zero-order valence-corrected chi connectivity index (χ0v) is 11.8. The van der Waals surface area contributed by atoms with Crippen LogP contribution in [0.4, 0.5) is 0 Å². The molecule has 0 fully saturated rings. The zero-order valence-electron chi connectivity index (χ0n) is 11.8. The number of aryl methyl sites for hydroxylation is 1. The van der Waals surface area contributed by atoms with Gasteiger partial charge in [-0.05, 0) is 24.6 Å². The second-order valence-electron chi connectivity index (χ2n) is 5.04. The van der Waals surface area contributed by atoms with E-state index in [2.05, 4.69) is 10.3 Å².